The van der Waals surface area contributed by atoms with Crippen molar-refractivity contribution in [3.63, 3.8) is 0 Å². The van der Waals surface area contributed by atoms with Gasteiger partial charge in [0.1, 0.15) is 12.4 Å². The fourth-order valence-electron chi connectivity index (χ4n) is 2.86. The molecule has 1 aliphatic rings. The molecule has 3 rings (SSSR count). The molecule has 174 valence electrons. The van der Waals surface area contributed by atoms with E-state index in [1.807, 2.05) is 27.7 Å². The Morgan fingerprint density at radius 1 is 1.00 bits per heavy atom. The highest BCUT2D eigenvalue weighted by Crippen LogP contribution is 2.37. The molecule has 2 aromatic rings. The van der Waals surface area contributed by atoms with E-state index in [1.54, 1.807) is 4.72 Å². The summed E-state index contributed by atoms with van der Waals surface area (Å²) in [4.78, 5) is 0. The highest BCUT2D eigenvalue weighted by atomic mass is 32.2. The molecule has 0 amide bonds. The summed E-state index contributed by atoms with van der Waals surface area (Å²) in [5, 5.41) is 0. The topological polar surface area (TPSA) is 73.9 Å². The minimum atomic E-state index is -4.97. The molecule has 1 heterocycles. The maximum absolute atomic E-state index is 13.5. The molecule has 2 aromatic carbocycles. The van der Waals surface area contributed by atoms with Crippen molar-refractivity contribution in [1.29, 1.82) is 0 Å². The zero-order valence-corrected chi connectivity index (χ0v) is 18.6. The second-order valence-electron chi connectivity index (χ2n) is 8.29. The van der Waals surface area contributed by atoms with Gasteiger partial charge in [0.05, 0.1) is 16.9 Å². The minimum absolute atomic E-state index is 0.119. The summed E-state index contributed by atoms with van der Waals surface area (Å²) < 4.78 is 94.9. The summed E-state index contributed by atoms with van der Waals surface area (Å²) in [5.41, 5.74) is -0.870. The Bertz CT molecular complexity index is 1100. The van der Waals surface area contributed by atoms with E-state index in [0.29, 0.717) is 5.46 Å². The van der Waals surface area contributed by atoms with E-state index in [2.05, 4.69) is 0 Å². The molecule has 0 unspecified atom stereocenters. The predicted molar refractivity (Wildman–Crippen MR) is 111 cm³/mol. The van der Waals surface area contributed by atoms with Crippen LogP contribution in [0.2, 0.25) is 0 Å². The molecule has 0 atom stereocenters. The number of ether oxygens (including phenoxy) is 1. The number of alkyl halides is 2. The van der Waals surface area contributed by atoms with E-state index in [9.17, 15) is 26.0 Å². The first-order valence-electron chi connectivity index (χ1n) is 9.58. The van der Waals surface area contributed by atoms with E-state index in [0.717, 1.165) is 12.1 Å². The molecular formula is C20H22BF4NO5S. The van der Waals surface area contributed by atoms with Crippen molar-refractivity contribution in [3.05, 3.63) is 53.6 Å². The standard InChI is InChI=1S/C20H22BF4NO5S/c1-19(2)20(3,4)31-21(30-19)13-6-8-16(26-32(27,28)18(24)25)17(10-13)29-11-12-5-7-14(22)15(23)9-12/h5-10,18,26H,11H2,1-4H3. The Morgan fingerprint density at radius 3 is 2.19 bits per heavy atom. The number of halogens is 4. The van der Waals surface area contributed by atoms with Gasteiger partial charge >= 0.3 is 12.9 Å². The maximum atomic E-state index is 13.5. The smallest absolute Gasteiger partial charge is 0.487 e. The number of hydrogen-bond donors (Lipinski definition) is 1. The maximum Gasteiger partial charge on any atom is 0.494 e. The zero-order valence-electron chi connectivity index (χ0n) is 17.8. The van der Waals surface area contributed by atoms with E-state index in [-0.39, 0.29) is 23.6 Å². The quantitative estimate of drug-likeness (QED) is 0.487. The third-order valence-electron chi connectivity index (χ3n) is 5.40. The van der Waals surface area contributed by atoms with Gasteiger partial charge in [-0.05, 0) is 63.0 Å². The lowest BCUT2D eigenvalue weighted by molar-refractivity contribution is 0.00578. The van der Waals surface area contributed by atoms with Crippen molar-refractivity contribution in [2.75, 3.05) is 4.72 Å². The van der Waals surface area contributed by atoms with Gasteiger partial charge in [-0.15, -0.1) is 0 Å². The molecule has 1 saturated heterocycles. The Balaban J connectivity index is 1.93. The van der Waals surface area contributed by atoms with Crippen LogP contribution < -0.4 is 14.9 Å². The molecule has 0 aliphatic carbocycles. The average Bonchev–Trinajstić information content (AvgIpc) is 2.90. The minimum Gasteiger partial charge on any atom is -0.487 e. The third kappa shape index (κ3) is 5.02. The third-order valence-corrected chi connectivity index (χ3v) is 6.37. The number of anilines is 1. The van der Waals surface area contributed by atoms with Crippen molar-refractivity contribution >= 4 is 28.3 Å². The summed E-state index contributed by atoms with van der Waals surface area (Å²) in [6, 6.07) is 7.17. The summed E-state index contributed by atoms with van der Waals surface area (Å²) >= 11 is 0. The number of hydrogen-bond acceptors (Lipinski definition) is 5. The molecular weight excluding hydrogens is 453 g/mol. The highest BCUT2D eigenvalue weighted by Gasteiger charge is 2.51. The Hall–Kier alpha value is -2.31. The van der Waals surface area contributed by atoms with Crippen LogP contribution >= 0.6 is 0 Å². The van der Waals surface area contributed by atoms with Crippen molar-refractivity contribution in [2.45, 2.75) is 51.3 Å². The van der Waals surface area contributed by atoms with Crippen LogP contribution in [-0.2, 0) is 25.9 Å². The average molecular weight is 475 g/mol. The molecule has 12 heteroatoms. The van der Waals surface area contributed by atoms with Crippen molar-refractivity contribution in [2.24, 2.45) is 0 Å². The second kappa shape index (κ2) is 8.56. The monoisotopic (exact) mass is 475 g/mol. The van der Waals surface area contributed by atoms with Gasteiger partial charge in [0.25, 0.3) is 10.0 Å². The van der Waals surface area contributed by atoms with Crippen LogP contribution in [0.15, 0.2) is 36.4 Å². The van der Waals surface area contributed by atoms with Crippen LogP contribution in [-0.4, -0.2) is 32.5 Å². The molecule has 0 spiro atoms. The lowest BCUT2D eigenvalue weighted by Crippen LogP contribution is -2.41. The van der Waals surface area contributed by atoms with Crippen LogP contribution in [0.5, 0.6) is 5.75 Å². The lowest BCUT2D eigenvalue weighted by Gasteiger charge is -2.32. The summed E-state index contributed by atoms with van der Waals surface area (Å²) in [7, 11) is -5.80. The summed E-state index contributed by atoms with van der Waals surface area (Å²) in [5.74, 6) is -5.91. The van der Waals surface area contributed by atoms with E-state index >= 15 is 0 Å². The van der Waals surface area contributed by atoms with Crippen LogP contribution in [0.25, 0.3) is 0 Å². The Labute approximate surface area is 184 Å². The SMILES string of the molecule is CC1(C)OB(c2ccc(NS(=O)(=O)C(F)F)c(OCc3ccc(F)c(F)c3)c2)OC1(C)C. The largest absolute Gasteiger partial charge is 0.494 e. The van der Waals surface area contributed by atoms with E-state index < -0.39 is 45.7 Å². The van der Waals surface area contributed by atoms with Gasteiger partial charge in [-0.3, -0.25) is 4.72 Å². The van der Waals surface area contributed by atoms with Gasteiger partial charge in [0.15, 0.2) is 11.6 Å². The Morgan fingerprint density at radius 2 is 1.62 bits per heavy atom. The van der Waals surface area contributed by atoms with Crippen molar-refractivity contribution in [3.8, 4) is 5.75 Å². The molecule has 1 aliphatic heterocycles. The molecule has 0 aromatic heterocycles. The molecule has 0 radical (unpaired) electrons. The summed E-state index contributed by atoms with van der Waals surface area (Å²) in [6.45, 7) is 7.10. The second-order valence-corrected chi connectivity index (χ2v) is 9.94. The number of nitrogens with one attached hydrogen (secondary N) is 1. The first-order chi connectivity index (χ1) is 14.7. The molecule has 0 saturated carbocycles. The number of sulfonamides is 1. The fourth-order valence-corrected chi connectivity index (χ4v) is 3.42. The van der Waals surface area contributed by atoms with Crippen LogP contribution in [0, 0.1) is 11.6 Å². The van der Waals surface area contributed by atoms with Gasteiger partial charge in [0.2, 0.25) is 0 Å². The van der Waals surface area contributed by atoms with Crippen LogP contribution in [0.1, 0.15) is 33.3 Å². The Kier molecular flexibility index (Phi) is 6.51. The number of benzene rings is 2. The predicted octanol–water partition coefficient (Wildman–Crippen LogP) is 3.81. The van der Waals surface area contributed by atoms with Crippen LogP contribution in [0.4, 0.5) is 23.2 Å². The lowest BCUT2D eigenvalue weighted by atomic mass is 9.79. The fraction of sp³-hybridized carbons (Fsp3) is 0.400. The van der Waals surface area contributed by atoms with Gasteiger partial charge in [-0.1, -0.05) is 12.1 Å². The van der Waals surface area contributed by atoms with Crippen LogP contribution in [0.3, 0.4) is 0 Å². The highest BCUT2D eigenvalue weighted by molar-refractivity contribution is 7.93. The molecule has 32 heavy (non-hydrogen) atoms. The molecule has 6 nitrogen and oxygen atoms in total. The molecule has 1 fully saturated rings. The van der Waals surface area contributed by atoms with E-state index in [1.165, 1.54) is 24.3 Å². The molecule has 1 N–H and O–H groups in total. The van der Waals surface area contributed by atoms with Crippen molar-refractivity contribution in [1.82, 2.24) is 0 Å². The van der Waals surface area contributed by atoms with Crippen molar-refractivity contribution < 1.29 is 40.0 Å². The first-order valence-corrected chi connectivity index (χ1v) is 11.1. The van der Waals surface area contributed by atoms with Gasteiger partial charge < -0.3 is 14.0 Å². The van der Waals surface area contributed by atoms with E-state index in [4.69, 9.17) is 14.0 Å². The van der Waals surface area contributed by atoms with Gasteiger partial charge in [0, 0.05) is 0 Å². The normalized spacial score (nSPS) is 17.6. The first kappa shape index (κ1) is 24.3. The van der Waals surface area contributed by atoms with Gasteiger partial charge in [-0.2, -0.15) is 8.78 Å². The number of rotatable bonds is 7. The van der Waals surface area contributed by atoms with Gasteiger partial charge in [-0.25, -0.2) is 17.2 Å². The zero-order chi connectivity index (χ0) is 23.9. The summed E-state index contributed by atoms with van der Waals surface area (Å²) in [6.07, 6.45) is 0. The molecule has 0 bridgehead atoms.